The third kappa shape index (κ3) is 7.57. The number of carbonyl (C=O) groups is 4. The second-order valence-corrected chi connectivity index (χ2v) is 13.1. The number of rotatable bonds is 5. The smallest absolute Gasteiger partial charge is 0.408 e. The number of hydrogen-bond donors (Lipinski definition) is 2. The highest BCUT2D eigenvalue weighted by Gasteiger charge is 2.62. The largest absolute Gasteiger partial charge is 0.488 e. The van der Waals surface area contributed by atoms with E-state index < -0.39 is 53.2 Å². The van der Waals surface area contributed by atoms with E-state index in [-0.39, 0.29) is 25.5 Å². The van der Waals surface area contributed by atoms with Crippen molar-refractivity contribution in [1.29, 1.82) is 0 Å². The van der Waals surface area contributed by atoms with Crippen LogP contribution in [-0.2, 0) is 23.9 Å². The summed E-state index contributed by atoms with van der Waals surface area (Å²) in [5.41, 5.74) is -1.15. The first-order valence-electron chi connectivity index (χ1n) is 16.0. The van der Waals surface area contributed by atoms with E-state index in [0.29, 0.717) is 25.0 Å². The molecule has 5 atom stereocenters. The van der Waals surface area contributed by atoms with E-state index in [4.69, 9.17) is 14.2 Å². The second-order valence-electron chi connectivity index (χ2n) is 13.1. The Labute approximate surface area is 264 Å². The molecule has 0 spiro atoms. The number of hydrogen-bond acceptors (Lipinski definition) is 8. The number of pyridine rings is 1. The van der Waals surface area contributed by atoms with Gasteiger partial charge in [0.05, 0.1) is 18.7 Å². The van der Waals surface area contributed by atoms with Crippen LogP contribution in [0.3, 0.4) is 0 Å². The minimum Gasteiger partial charge on any atom is -0.488 e. The predicted octanol–water partition coefficient (Wildman–Crippen LogP) is 4.43. The Morgan fingerprint density at radius 2 is 1.93 bits per heavy atom. The molecule has 2 N–H and O–H groups in total. The lowest BCUT2D eigenvalue weighted by Gasteiger charge is -2.30. The third-order valence-corrected chi connectivity index (χ3v) is 8.47. The van der Waals surface area contributed by atoms with Gasteiger partial charge in [0, 0.05) is 23.9 Å². The molecule has 2 aliphatic heterocycles. The fourth-order valence-electron chi connectivity index (χ4n) is 6.19. The molecule has 11 nitrogen and oxygen atoms in total. The molecule has 2 aromatic rings. The molecule has 3 aliphatic rings. The average Bonchev–Trinajstić information content (AvgIpc) is 3.51. The molecule has 11 heteroatoms. The Morgan fingerprint density at radius 3 is 2.71 bits per heavy atom. The van der Waals surface area contributed by atoms with Gasteiger partial charge in [-0.15, -0.1) is 0 Å². The highest BCUT2D eigenvalue weighted by Crippen LogP contribution is 2.46. The summed E-state index contributed by atoms with van der Waals surface area (Å²) in [7, 11) is 0. The number of fused-ring (bicyclic) bond motifs is 3. The van der Waals surface area contributed by atoms with Crippen molar-refractivity contribution in [1.82, 2.24) is 20.5 Å². The van der Waals surface area contributed by atoms with Crippen LogP contribution in [0.5, 0.6) is 5.75 Å². The SMILES string of the molecule is CCOC(=O)[C@@]12CC1C=CCCCCC[C@H](NC(=O)OC(C)(C)C)C(=O)N1C[C@H](Oc3ccnc4ccccc34)C[C@H]1C(=O)N2. The fraction of sp³-hybridized carbons (Fsp3) is 0.559. The van der Waals surface area contributed by atoms with Gasteiger partial charge in [-0.05, 0) is 71.6 Å². The average molecular weight is 621 g/mol. The number of ether oxygens (including phenoxy) is 3. The molecule has 1 unspecified atom stereocenters. The molecule has 0 bridgehead atoms. The molecule has 1 aliphatic carbocycles. The van der Waals surface area contributed by atoms with Gasteiger partial charge < -0.3 is 29.7 Å². The maximum atomic E-state index is 14.2. The standard InChI is InChI=1S/C34H44N4O7/c1-5-43-31(41)34-20-22(34)13-9-7-6-8-10-16-26(36-32(42)45-33(2,3)4)30(40)38-21-23(19-27(38)29(39)37-34)44-28-17-18-35-25-15-12-11-14-24(25)28/h9,11-15,17-18,22-23,26-27H,5-8,10,16,19-21H2,1-4H3,(H,36,42)(H,37,39)/t22?,23-,26+,27+,34-/m1/s1. The lowest BCUT2D eigenvalue weighted by molar-refractivity contribution is -0.150. The Kier molecular flexibility index (Phi) is 9.65. The maximum absolute atomic E-state index is 14.2. The zero-order chi connectivity index (χ0) is 32.2. The Hall–Kier alpha value is -4.15. The van der Waals surface area contributed by atoms with Gasteiger partial charge in [-0.25, -0.2) is 9.59 Å². The predicted molar refractivity (Wildman–Crippen MR) is 167 cm³/mol. The van der Waals surface area contributed by atoms with Crippen molar-refractivity contribution < 1.29 is 33.4 Å². The molecule has 5 rings (SSSR count). The first-order chi connectivity index (χ1) is 21.5. The topological polar surface area (TPSA) is 136 Å². The number of nitrogens with zero attached hydrogens (tertiary/aromatic N) is 2. The van der Waals surface area contributed by atoms with Crippen LogP contribution in [0.1, 0.15) is 72.6 Å². The van der Waals surface area contributed by atoms with Gasteiger partial charge in [-0.1, -0.05) is 37.1 Å². The van der Waals surface area contributed by atoms with Crippen LogP contribution in [0, 0.1) is 5.92 Å². The molecular formula is C34H44N4O7. The Balaban J connectivity index is 1.45. The molecular weight excluding hydrogens is 576 g/mol. The normalized spacial score (nSPS) is 27.3. The summed E-state index contributed by atoms with van der Waals surface area (Å²) in [6.45, 7) is 7.32. The summed E-state index contributed by atoms with van der Waals surface area (Å²) < 4.78 is 17.3. The summed E-state index contributed by atoms with van der Waals surface area (Å²) in [4.78, 5) is 60.1. The van der Waals surface area contributed by atoms with Crippen LogP contribution in [0.15, 0.2) is 48.7 Å². The zero-order valence-corrected chi connectivity index (χ0v) is 26.5. The number of carbonyl (C=O) groups excluding carboxylic acids is 4. The van der Waals surface area contributed by atoms with Gasteiger partial charge in [0.1, 0.15) is 35.1 Å². The third-order valence-electron chi connectivity index (χ3n) is 8.47. The number of esters is 1. The van der Waals surface area contributed by atoms with Crippen molar-refractivity contribution >= 4 is 34.8 Å². The van der Waals surface area contributed by atoms with E-state index in [2.05, 4.69) is 15.6 Å². The van der Waals surface area contributed by atoms with Gasteiger partial charge in [0.15, 0.2) is 0 Å². The van der Waals surface area contributed by atoms with Crippen LogP contribution in [0.4, 0.5) is 4.79 Å². The molecule has 45 heavy (non-hydrogen) atoms. The molecule has 2 fully saturated rings. The van der Waals surface area contributed by atoms with Gasteiger partial charge in [-0.3, -0.25) is 14.6 Å². The number of alkyl carbamates (subject to hydrolysis) is 1. The number of nitrogens with one attached hydrogen (secondary N) is 2. The van der Waals surface area contributed by atoms with Crippen LogP contribution in [0.25, 0.3) is 10.9 Å². The summed E-state index contributed by atoms with van der Waals surface area (Å²) in [6.07, 6.45) is 8.74. The minimum absolute atomic E-state index is 0.121. The van der Waals surface area contributed by atoms with Crippen molar-refractivity contribution in [3.05, 3.63) is 48.7 Å². The van der Waals surface area contributed by atoms with Crippen molar-refractivity contribution in [2.75, 3.05) is 13.2 Å². The van der Waals surface area contributed by atoms with Gasteiger partial charge in [0.25, 0.3) is 0 Å². The number of allylic oxidation sites excluding steroid dienone is 1. The van der Waals surface area contributed by atoms with Crippen molar-refractivity contribution in [2.24, 2.45) is 5.92 Å². The van der Waals surface area contributed by atoms with E-state index in [1.807, 2.05) is 36.4 Å². The van der Waals surface area contributed by atoms with E-state index in [1.54, 1.807) is 40.0 Å². The van der Waals surface area contributed by atoms with Crippen LogP contribution >= 0.6 is 0 Å². The van der Waals surface area contributed by atoms with Crippen molar-refractivity contribution in [2.45, 2.75) is 102 Å². The molecule has 242 valence electrons. The summed E-state index contributed by atoms with van der Waals surface area (Å²) >= 11 is 0. The summed E-state index contributed by atoms with van der Waals surface area (Å²) in [5, 5.41) is 6.57. The fourth-order valence-corrected chi connectivity index (χ4v) is 6.19. The first kappa shape index (κ1) is 32.2. The lowest BCUT2D eigenvalue weighted by atomic mass is 10.0. The van der Waals surface area contributed by atoms with E-state index in [1.165, 1.54) is 4.90 Å². The number of aromatic nitrogens is 1. The highest BCUT2D eigenvalue weighted by atomic mass is 16.6. The van der Waals surface area contributed by atoms with E-state index in [9.17, 15) is 19.2 Å². The van der Waals surface area contributed by atoms with Gasteiger partial charge >= 0.3 is 12.1 Å². The molecule has 1 saturated heterocycles. The number of para-hydroxylation sites is 1. The number of amides is 3. The molecule has 0 radical (unpaired) electrons. The molecule has 1 aromatic carbocycles. The van der Waals surface area contributed by atoms with Gasteiger partial charge in [-0.2, -0.15) is 0 Å². The van der Waals surface area contributed by atoms with Crippen molar-refractivity contribution in [3.63, 3.8) is 0 Å². The van der Waals surface area contributed by atoms with Crippen LogP contribution < -0.4 is 15.4 Å². The maximum Gasteiger partial charge on any atom is 0.408 e. The second kappa shape index (κ2) is 13.5. The molecule has 3 heterocycles. The van der Waals surface area contributed by atoms with E-state index in [0.717, 1.165) is 30.2 Å². The quantitative estimate of drug-likeness (QED) is 0.370. The van der Waals surface area contributed by atoms with Gasteiger partial charge in [0.2, 0.25) is 11.8 Å². The van der Waals surface area contributed by atoms with Crippen molar-refractivity contribution in [3.8, 4) is 5.75 Å². The summed E-state index contributed by atoms with van der Waals surface area (Å²) in [5.74, 6) is -0.914. The van der Waals surface area contributed by atoms with Crippen LogP contribution in [0.2, 0.25) is 0 Å². The molecule has 1 aromatic heterocycles. The zero-order valence-electron chi connectivity index (χ0n) is 26.5. The molecule has 3 amide bonds. The number of benzene rings is 1. The van der Waals surface area contributed by atoms with Crippen LogP contribution in [-0.4, -0.2) is 76.2 Å². The minimum atomic E-state index is -1.17. The van der Waals surface area contributed by atoms with E-state index >= 15 is 0 Å². The summed E-state index contributed by atoms with van der Waals surface area (Å²) in [6, 6.07) is 7.53. The molecule has 1 saturated carbocycles. The first-order valence-corrected chi connectivity index (χ1v) is 16.0. The Morgan fingerprint density at radius 1 is 1.13 bits per heavy atom. The highest BCUT2D eigenvalue weighted by molar-refractivity contribution is 5.96. The monoisotopic (exact) mass is 620 g/mol. The lowest BCUT2D eigenvalue weighted by Crippen LogP contribution is -2.56. The Bertz CT molecular complexity index is 1450.